The second-order valence-electron chi connectivity index (χ2n) is 13.3. The molecule has 0 atom stereocenters. The summed E-state index contributed by atoms with van der Waals surface area (Å²) in [6.45, 7) is 18.0. The highest BCUT2D eigenvalue weighted by molar-refractivity contribution is 6.20. The van der Waals surface area contributed by atoms with E-state index in [-0.39, 0.29) is 10.8 Å². The molecule has 0 saturated heterocycles. The third-order valence-electron chi connectivity index (χ3n) is 7.62. The molecule has 0 aliphatic rings. The average Bonchev–Trinajstić information content (AvgIpc) is 3.21. The van der Waals surface area contributed by atoms with Crippen molar-refractivity contribution < 1.29 is 4.42 Å². The molecule has 0 radical (unpaired) electrons. The van der Waals surface area contributed by atoms with Gasteiger partial charge in [0.15, 0.2) is 0 Å². The average molecular weight is 500 g/mol. The van der Waals surface area contributed by atoms with Crippen molar-refractivity contribution >= 4 is 43.6 Å². The highest BCUT2D eigenvalue weighted by Crippen LogP contribution is 2.44. The first-order valence-corrected chi connectivity index (χ1v) is 13.7. The van der Waals surface area contributed by atoms with Crippen LogP contribution in [0.5, 0.6) is 0 Å². The maximum atomic E-state index is 6.87. The highest BCUT2D eigenvalue weighted by Gasteiger charge is 2.24. The van der Waals surface area contributed by atoms with Gasteiger partial charge in [0.05, 0.1) is 16.6 Å². The van der Waals surface area contributed by atoms with E-state index in [1.165, 1.54) is 33.0 Å². The van der Waals surface area contributed by atoms with E-state index in [0.29, 0.717) is 0 Å². The standard InChI is InChI=1S/C36H37NO/c1-21-16-22(2)30-29(17-21)37-32(25-18-23-12-9-10-14-26(23)28(19-25)36(6,7)8)31-27-15-11-13-24(20-35(3,4)5)33(27)38-34(30)31/h9-19H,20H2,1-8H3. The van der Waals surface area contributed by atoms with Gasteiger partial charge in [0, 0.05) is 16.3 Å². The molecule has 0 N–H and O–H groups in total. The van der Waals surface area contributed by atoms with Gasteiger partial charge in [-0.3, -0.25) is 0 Å². The van der Waals surface area contributed by atoms with Crippen molar-refractivity contribution in [1.82, 2.24) is 4.98 Å². The molecule has 0 saturated carbocycles. The maximum absolute atomic E-state index is 6.87. The van der Waals surface area contributed by atoms with Gasteiger partial charge < -0.3 is 4.42 Å². The summed E-state index contributed by atoms with van der Waals surface area (Å²) in [5.74, 6) is 0. The van der Waals surface area contributed by atoms with Gasteiger partial charge >= 0.3 is 0 Å². The fourth-order valence-corrected chi connectivity index (χ4v) is 6.08. The van der Waals surface area contributed by atoms with Crippen molar-refractivity contribution in [2.45, 2.75) is 67.2 Å². The van der Waals surface area contributed by atoms with E-state index in [4.69, 9.17) is 9.40 Å². The van der Waals surface area contributed by atoms with Crippen molar-refractivity contribution in [2.75, 3.05) is 0 Å². The molecular formula is C36H37NO. The Balaban J connectivity index is 1.79. The Morgan fingerprint density at radius 1 is 0.737 bits per heavy atom. The fraction of sp³-hybridized carbons (Fsp3) is 0.306. The number of furan rings is 1. The predicted molar refractivity (Wildman–Crippen MR) is 163 cm³/mol. The molecule has 0 aliphatic carbocycles. The molecule has 192 valence electrons. The van der Waals surface area contributed by atoms with Crippen LogP contribution < -0.4 is 0 Å². The largest absolute Gasteiger partial charge is 0.455 e. The van der Waals surface area contributed by atoms with E-state index in [0.717, 1.165) is 50.5 Å². The summed E-state index contributed by atoms with van der Waals surface area (Å²) in [5.41, 5.74) is 10.2. The molecule has 2 heterocycles. The molecule has 0 bridgehead atoms. The number of hydrogen-bond acceptors (Lipinski definition) is 2. The molecule has 0 aliphatic heterocycles. The van der Waals surface area contributed by atoms with Crippen molar-refractivity contribution in [3.63, 3.8) is 0 Å². The minimum absolute atomic E-state index is 0.00288. The van der Waals surface area contributed by atoms with Crippen LogP contribution in [0.2, 0.25) is 0 Å². The minimum Gasteiger partial charge on any atom is -0.455 e. The van der Waals surface area contributed by atoms with Crippen LogP contribution in [-0.2, 0) is 11.8 Å². The molecule has 0 unspecified atom stereocenters. The van der Waals surface area contributed by atoms with Crippen LogP contribution in [0.3, 0.4) is 0 Å². The van der Waals surface area contributed by atoms with Crippen molar-refractivity contribution in [3.05, 3.63) is 89.0 Å². The van der Waals surface area contributed by atoms with Gasteiger partial charge in [-0.2, -0.15) is 0 Å². The minimum atomic E-state index is -0.00288. The Morgan fingerprint density at radius 3 is 2.21 bits per heavy atom. The fourth-order valence-electron chi connectivity index (χ4n) is 6.08. The van der Waals surface area contributed by atoms with E-state index in [2.05, 4.69) is 122 Å². The van der Waals surface area contributed by atoms with E-state index in [1.807, 2.05) is 0 Å². The molecular weight excluding hydrogens is 462 g/mol. The van der Waals surface area contributed by atoms with Gasteiger partial charge in [-0.25, -0.2) is 4.98 Å². The number of para-hydroxylation sites is 1. The summed E-state index contributed by atoms with van der Waals surface area (Å²) in [6.07, 6.45) is 0.951. The molecule has 4 aromatic carbocycles. The Hall–Kier alpha value is -3.65. The summed E-state index contributed by atoms with van der Waals surface area (Å²) < 4.78 is 6.87. The lowest BCUT2D eigenvalue weighted by atomic mass is 9.82. The van der Waals surface area contributed by atoms with Crippen molar-refractivity contribution in [1.29, 1.82) is 0 Å². The molecule has 38 heavy (non-hydrogen) atoms. The zero-order valence-corrected chi connectivity index (χ0v) is 23.9. The number of hydrogen-bond donors (Lipinski definition) is 0. The molecule has 6 aromatic rings. The van der Waals surface area contributed by atoms with E-state index >= 15 is 0 Å². The Labute approximate surface area is 225 Å². The van der Waals surface area contributed by atoms with Crippen molar-refractivity contribution in [3.8, 4) is 11.3 Å². The number of pyridine rings is 1. The molecule has 0 fully saturated rings. The van der Waals surface area contributed by atoms with Crippen LogP contribution in [-0.4, -0.2) is 4.98 Å². The summed E-state index contributed by atoms with van der Waals surface area (Å²) in [7, 11) is 0. The number of nitrogens with zero attached hydrogens (tertiary/aromatic N) is 1. The normalized spacial score (nSPS) is 12.8. The first-order valence-electron chi connectivity index (χ1n) is 13.7. The van der Waals surface area contributed by atoms with Crippen LogP contribution in [0.1, 0.15) is 63.8 Å². The van der Waals surface area contributed by atoms with E-state index in [9.17, 15) is 0 Å². The summed E-state index contributed by atoms with van der Waals surface area (Å²) in [6, 6.07) is 24.4. The lowest BCUT2D eigenvalue weighted by Crippen LogP contribution is -2.12. The molecule has 2 heteroatoms. The monoisotopic (exact) mass is 499 g/mol. The number of fused-ring (bicyclic) bond motifs is 6. The zero-order chi connectivity index (χ0) is 27.0. The Bertz CT molecular complexity index is 1870. The van der Waals surface area contributed by atoms with Crippen molar-refractivity contribution in [2.24, 2.45) is 5.41 Å². The van der Waals surface area contributed by atoms with Crippen LogP contribution in [0, 0.1) is 19.3 Å². The highest BCUT2D eigenvalue weighted by atomic mass is 16.3. The second-order valence-corrected chi connectivity index (χ2v) is 13.3. The van der Waals surface area contributed by atoms with Gasteiger partial charge in [0.25, 0.3) is 0 Å². The third kappa shape index (κ3) is 4.07. The van der Waals surface area contributed by atoms with E-state index < -0.39 is 0 Å². The Morgan fingerprint density at radius 2 is 1.47 bits per heavy atom. The van der Waals surface area contributed by atoms with Crippen LogP contribution >= 0.6 is 0 Å². The molecule has 0 spiro atoms. The quantitative estimate of drug-likeness (QED) is 0.237. The number of benzene rings is 4. The number of aryl methyl sites for hydroxylation is 2. The predicted octanol–water partition coefficient (Wildman–Crippen LogP) is 10.5. The Kier molecular flexibility index (Phi) is 5.47. The zero-order valence-electron chi connectivity index (χ0n) is 23.9. The topological polar surface area (TPSA) is 26.0 Å². The lowest BCUT2D eigenvalue weighted by molar-refractivity contribution is 0.410. The van der Waals surface area contributed by atoms with Gasteiger partial charge in [0.2, 0.25) is 0 Å². The molecule has 2 nitrogen and oxygen atoms in total. The SMILES string of the molecule is Cc1cc(C)c2c(c1)nc(-c1cc(C(C)(C)C)c3ccccc3c1)c1c3cccc(CC(C)(C)C)c3oc21. The summed E-state index contributed by atoms with van der Waals surface area (Å²) in [5, 5.41) is 5.93. The lowest BCUT2D eigenvalue weighted by Gasteiger charge is -2.23. The smallest absolute Gasteiger partial charge is 0.147 e. The van der Waals surface area contributed by atoms with E-state index in [1.54, 1.807) is 0 Å². The van der Waals surface area contributed by atoms with Gasteiger partial charge in [-0.15, -0.1) is 0 Å². The molecule has 0 amide bonds. The van der Waals surface area contributed by atoms with Gasteiger partial charge in [-0.1, -0.05) is 90.1 Å². The first-order chi connectivity index (χ1) is 17.9. The van der Waals surface area contributed by atoms with Gasteiger partial charge in [0.1, 0.15) is 11.2 Å². The summed E-state index contributed by atoms with van der Waals surface area (Å²) in [4.78, 5) is 5.39. The number of aromatic nitrogens is 1. The summed E-state index contributed by atoms with van der Waals surface area (Å²) >= 11 is 0. The second kappa shape index (κ2) is 8.43. The van der Waals surface area contributed by atoms with Crippen LogP contribution in [0.4, 0.5) is 0 Å². The first kappa shape index (κ1) is 24.7. The van der Waals surface area contributed by atoms with Crippen LogP contribution in [0.15, 0.2) is 71.1 Å². The molecule has 2 aromatic heterocycles. The molecule has 6 rings (SSSR count). The third-order valence-corrected chi connectivity index (χ3v) is 7.62. The number of rotatable bonds is 2. The maximum Gasteiger partial charge on any atom is 0.147 e. The van der Waals surface area contributed by atoms with Crippen LogP contribution in [0.25, 0.3) is 54.9 Å². The van der Waals surface area contributed by atoms with Gasteiger partial charge in [-0.05, 0) is 82.3 Å².